The number of aromatic nitrogens is 2. The zero-order chi connectivity index (χ0) is 21.4. The van der Waals surface area contributed by atoms with Crippen LogP contribution >= 0.6 is 11.6 Å². The van der Waals surface area contributed by atoms with Crippen LogP contribution in [0.15, 0.2) is 59.6 Å². The zero-order valence-electron chi connectivity index (χ0n) is 14.3. The molecule has 2 aromatic carbocycles. The lowest BCUT2D eigenvalue weighted by atomic mass is 10.2. The van der Waals surface area contributed by atoms with Crippen LogP contribution in [0.3, 0.4) is 0 Å². The SMILES string of the molecule is NS(=O)(=O)c1cccc(NC(=O)c2cnn(-c3ccc(Cl)cc3)c2C(F)(F)F)c1. The number of primary sulfonamides is 1. The van der Waals surface area contributed by atoms with E-state index >= 15 is 0 Å². The first-order valence-corrected chi connectivity index (χ1v) is 9.74. The molecular formula is C17H12ClF3N4O3S. The van der Waals surface area contributed by atoms with Gasteiger partial charge in [-0.3, -0.25) is 4.79 Å². The van der Waals surface area contributed by atoms with Gasteiger partial charge in [-0.25, -0.2) is 18.2 Å². The summed E-state index contributed by atoms with van der Waals surface area (Å²) in [6, 6.07) is 10.2. The maximum atomic E-state index is 13.7. The van der Waals surface area contributed by atoms with E-state index in [-0.39, 0.29) is 16.3 Å². The fourth-order valence-electron chi connectivity index (χ4n) is 2.51. The van der Waals surface area contributed by atoms with Gasteiger partial charge in [0.15, 0.2) is 5.69 Å². The molecule has 0 atom stereocenters. The van der Waals surface area contributed by atoms with Gasteiger partial charge in [-0.15, -0.1) is 0 Å². The molecule has 7 nitrogen and oxygen atoms in total. The minimum Gasteiger partial charge on any atom is -0.322 e. The van der Waals surface area contributed by atoms with Gasteiger partial charge in [0.05, 0.1) is 22.3 Å². The summed E-state index contributed by atoms with van der Waals surface area (Å²) >= 11 is 5.75. The Kier molecular flexibility index (Phi) is 5.39. The van der Waals surface area contributed by atoms with Crippen LogP contribution in [0.1, 0.15) is 16.1 Å². The molecule has 1 aromatic heterocycles. The first-order valence-electron chi connectivity index (χ1n) is 7.82. The molecule has 0 aliphatic heterocycles. The molecule has 0 saturated heterocycles. The van der Waals surface area contributed by atoms with Crippen LogP contribution in [-0.2, 0) is 16.2 Å². The predicted octanol–water partition coefficient (Wildman–Crippen LogP) is 3.44. The highest BCUT2D eigenvalue weighted by Crippen LogP contribution is 2.34. The van der Waals surface area contributed by atoms with Crippen molar-refractivity contribution in [2.75, 3.05) is 5.32 Å². The number of nitrogens with zero attached hydrogens (tertiary/aromatic N) is 2. The molecule has 0 saturated carbocycles. The first kappa shape index (κ1) is 20.8. The van der Waals surface area contributed by atoms with Crippen molar-refractivity contribution in [1.29, 1.82) is 0 Å². The fourth-order valence-corrected chi connectivity index (χ4v) is 3.20. The molecule has 29 heavy (non-hydrogen) atoms. The van der Waals surface area contributed by atoms with Crippen LogP contribution in [-0.4, -0.2) is 24.1 Å². The molecule has 0 fully saturated rings. The second-order valence-electron chi connectivity index (χ2n) is 5.82. The number of carbonyl (C=O) groups excluding carboxylic acids is 1. The van der Waals surface area contributed by atoms with Gasteiger partial charge in [-0.2, -0.15) is 18.3 Å². The largest absolute Gasteiger partial charge is 0.434 e. The molecule has 0 spiro atoms. The summed E-state index contributed by atoms with van der Waals surface area (Å²) in [5.74, 6) is -1.12. The van der Waals surface area contributed by atoms with Crippen molar-refractivity contribution < 1.29 is 26.4 Å². The molecule has 3 rings (SSSR count). The Labute approximate surface area is 167 Å². The van der Waals surface area contributed by atoms with E-state index in [0.29, 0.717) is 9.70 Å². The highest BCUT2D eigenvalue weighted by molar-refractivity contribution is 7.89. The number of hydrogen-bond donors (Lipinski definition) is 2. The molecule has 0 bridgehead atoms. The third-order valence-corrected chi connectivity index (χ3v) is 4.94. The van der Waals surface area contributed by atoms with E-state index in [4.69, 9.17) is 16.7 Å². The molecule has 12 heteroatoms. The van der Waals surface area contributed by atoms with E-state index in [0.717, 1.165) is 12.3 Å². The van der Waals surface area contributed by atoms with E-state index in [9.17, 15) is 26.4 Å². The van der Waals surface area contributed by atoms with E-state index in [1.807, 2.05) is 0 Å². The summed E-state index contributed by atoms with van der Waals surface area (Å²) in [5.41, 5.74) is -2.03. The lowest BCUT2D eigenvalue weighted by Gasteiger charge is -2.13. The van der Waals surface area contributed by atoms with Crippen molar-refractivity contribution in [3.8, 4) is 5.69 Å². The van der Waals surface area contributed by atoms with Gasteiger partial charge in [0.25, 0.3) is 5.91 Å². The van der Waals surface area contributed by atoms with E-state index in [1.54, 1.807) is 0 Å². The quantitative estimate of drug-likeness (QED) is 0.642. The maximum Gasteiger partial charge on any atom is 0.434 e. The zero-order valence-corrected chi connectivity index (χ0v) is 15.9. The molecule has 3 aromatic rings. The summed E-state index contributed by atoms with van der Waals surface area (Å²) in [4.78, 5) is 12.2. The summed E-state index contributed by atoms with van der Waals surface area (Å²) in [6.45, 7) is 0. The summed E-state index contributed by atoms with van der Waals surface area (Å²) in [7, 11) is -4.05. The number of nitrogens with two attached hydrogens (primary N) is 1. The lowest BCUT2D eigenvalue weighted by Crippen LogP contribution is -2.21. The Morgan fingerprint density at radius 1 is 1.14 bits per heavy atom. The fraction of sp³-hybridized carbons (Fsp3) is 0.0588. The van der Waals surface area contributed by atoms with Crippen molar-refractivity contribution in [2.45, 2.75) is 11.1 Å². The highest BCUT2D eigenvalue weighted by atomic mass is 35.5. The smallest absolute Gasteiger partial charge is 0.322 e. The number of hydrogen-bond acceptors (Lipinski definition) is 4. The molecule has 0 unspecified atom stereocenters. The van der Waals surface area contributed by atoms with Gasteiger partial charge in [-0.05, 0) is 42.5 Å². The number of carbonyl (C=O) groups is 1. The number of sulfonamides is 1. The van der Waals surface area contributed by atoms with Gasteiger partial charge in [-0.1, -0.05) is 17.7 Å². The number of rotatable bonds is 4. The van der Waals surface area contributed by atoms with E-state index in [2.05, 4.69) is 10.4 Å². The molecule has 152 valence electrons. The Morgan fingerprint density at radius 2 is 1.79 bits per heavy atom. The molecule has 1 amide bonds. The van der Waals surface area contributed by atoms with Gasteiger partial charge >= 0.3 is 6.18 Å². The highest BCUT2D eigenvalue weighted by Gasteiger charge is 2.40. The summed E-state index contributed by atoms with van der Waals surface area (Å²) in [5, 5.41) is 11.2. The molecule has 1 heterocycles. The average Bonchev–Trinajstić information content (AvgIpc) is 3.07. The van der Waals surface area contributed by atoms with Gasteiger partial charge in [0.1, 0.15) is 0 Å². The standard InChI is InChI=1S/C17H12ClF3N4O3S/c18-10-4-6-12(7-5-10)25-15(17(19,20)21)14(9-23-25)16(26)24-11-2-1-3-13(8-11)29(22,27)28/h1-9H,(H,24,26)(H2,22,27,28). The third-order valence-electron chi connectivity index (χ3n) is 3.77. The van der Waals surface area contributed by atoms with Crippen LogP contribution in [0.5, 0.6) is 0 Å². The molecular weight excluding hydrogens is 433 g/mol. The minimum atomic E-state index is -4.90. The molecule has 3 N–H and O–H groups in total. The number of anilines is 1. The van der Waals surface area contributed by atoms with Crippen LogP contribution in [0, 0.1) is 0 Å². The Morgan fingerprint density at radius 3 is 2.38 bits per heavy atom. The number of halogens is 4. The van der Waals surface area contributed by atoms with Crippen LogP contribution < -0.4 is 10.5 Å². The van der Waals surface area contributed by atoms with Crippen LogP contribution in [0.4, 0.5) is 18.9 Å². The number of nitrogens with one attached hydrogen (secondary N) is 1. The number of benzene rings is 2. The Balaban J connectivity index is 2.01. The van der Waals surface area contributed by atoms with Gasteiger partial charge in [0, 0.05) is 10.7 Å². The van der Waals surface area contributed by atoms with Crippen LogP contribution in [0.25, 0.3) is 5.69 Å². The molecule has 0 aliphatic rings. The first-order chi connectivity index (χ1) is 13.5. The third kappa shape index (κ3) is 4.58. The topological polar surface area (TPSA) is 107 Å². The van der Waals surface area contributed by atoms with Gasteiger partial charge < -0.3 is 5.32 Å². The van der Waals surface area contributed by atoms with Crippen molar-refractivity contribution in [3.05, 3.63) is 71.0 Å². The van der Waals surface area contributed by atoms with E-state index in [1.165, 1.54) is 42.5 Å². The Bertz CT molecular complexity index is 1180. The van der Waals surface area contributed by atoms with Crippen molar-refractivity contribution in [3.63, 3.8) is 0 Å². The maximum absolute atomic E-state index is 13.7. The lowest BCUT2D eigenvalue weighted by molar-refractivity contribution is -0.143. The predicted molar refractivity (Wildman–Crippen MR) is 99.3 cm³/mol. The van der Waals surface area contributed by atoms with Crippen molar-refractivity contribution in [2.24, 2.45) is 5.14 Å². The summed E-state index contributed by atoms with van der Waals surface area (Å²) in [6.07, 6.45) is -4.12. The number of amides is 1. The molecule has 0 aliphatic carbocycles. The Hall–Kier alpha value is -2.89. The van der Waals surface area contributed by atoms with Crippen molar-refractivity contribution >= 4 is 33.2 Å². The van der Waals surface area contributed by atoms with Crippen molar-refractivity contribution in [1.82, 2.24) is 9.78 Å². The molecule has 0 radical (unpaired) electrons. The second kappa shape index (κ2) is 7.50. The average molecular weight is 445 g/mol. The monoisotopic (exact) mass is 444 g/mol. The second-order valence-corrected chi connectivity index (χ2v) is 7.82. The normalized spacial score (nSPS) is 12.0. The van der Waals surface area contributed by atoms with Gasteiger partial charge in [0.2, 0.25) is 10.0 Å². The number of alkyl halides is 3. The van der Waals surface area contributed by atoms with E-state index < -0.39 is 33.4 Å². The summed E-state index contributed by atoms with van der Waals surface area (Å²) < 4.78 is 64.4. The van der Waals surface area contributed by atoms with Crippen LogP contribution in [0.2, 0.25) is 5.02 Å². The minimum absolute atomic E-state index is 0.0473.